The van der Waals surface area contributed by atoms with Gasteiger partial charge in [0.25, 0.3) is 0 Å². The number of Topliss-reactive ketones (excluding diaryl/α,β-unsaturated/α-hetero) is 1. The molecule has 2 aliphatic heterocycles. The molecule has 0 bridgehead atoms. The highest BCUT2D eigenvalue weighted by molar-refractivity contribution is 6.30. The summed E-state index contributed by atoms with van der Waals surface area (Å²) in [4.78, 5) is 39.8. The molecule has 1 aromatic carbocycles. The molecule has 2 saturated heterocycles. The van der Waals surface area contributed by atoms with Gasteiger partial charge in [0, 0.05) is 48.6 Å². The molecule has 0 aromatic heterocycles. The third-order valence-corrected chi connectivity index (χ3v) is 10.7. The zero-order valence-electron chi connectivity index (χ0n) is 25.4. The second-order valence-electron chi connectivity index (χ2n) is 13.6. The normalized spacial score (nSPS) is 27.0. The zero-order chi connectivity index (χ0) is 30.2. The van der Waals surface area contributed by atoms with E-state index in [-0.39, 0.29) is 54.1 Å². The van der Waals surface area contributed by atoms with Crippen LogP contribution in [0.5, 0.6) is 0 Å². The van der Waals surface area contributed by atoms with E-state index in [9.17, 15) is 19.5 Å². The molecule has 4 unspecified atom stereocenters. The Bertz CT molecular complexity index is 1100. The van der Waals surface area contributed by atoms with Crippen molar-refractivity contribution < 1.29 is 29.0 Å². The zero-order valence-corrected chi connectivity index (χ0v) is 26.1. The lowest BCUT2D eigenvalue weighted by atomic mass is 9.80. The summed E-state index contributed by atoms with van der Waals surface area (Å²) in [7, 11) is 0. The van der Waals surface area contributed by atoms with Crippen molar-refractivity contribution in [2.45, 2.75) is 114 Å². The topological polar surface area (TPSA) is 114 Å². The van der Waals surface area contributed by atoms with Crippen LogP contribution in [-0.2, 0) is 25.5 Å². The third kappa shape index (κ3) is 8.95. The smallest absolute Gasteiger partial charge is 0.408 e. The van der Waals surface area contributed by atoms with Gasteiger partial charge in [-0.15, -0.1) is 0 Å². The maximum atomic E-state index is 13.7. The molecule has 4 fully saturated rings. The monoisotopic (exact) mass is 616 g/mol. The van der Waals surface area contributed by atoms with Crippen molar-refractivity contribution in [3.05, 3.63) is 34.9 Å². The summed E-state index contributed by atoms with van der Waals surface area (Å²) in [6.45, 7) is 1.11. The number of halogens is 1. The van der Waals surface area contributed by atoms with Gasteiger partial charge >= 0.3 is 6.09 Å². The summed E-state index contributed by atoms with van der Waals surface area (Å²) in [5, 5.41) is 17.1. The van der Waals surface area contributed by atoms with Crippen molar-refractivity contribution in [3.63, 3.8) is 0 Å². The number of rotatable bonds is 12. The molecule has 2 aliphatic carbocycles. The van der Waals surface area contributed by atoms with Crippen LogP contribution in [0.2, 0.25) is 5.02 Å². The van der Waals surface area contributed by atoms with E-state index < -0.39 is 12.1 Å². The Morgan fingerprint density at radius 2 is 1.88 bits per heavy atom. The molecule has 5 rings (SSSR count). The number of amides is 2. The Morgan fingerprint density at radius 1 is 1.09 bits per heavy atom. The van der Waals surface area contributed by atoms with Gasteiger partial charge < -0.3 is 25.2 Å². The van der Waals surface area contributed by atoms with Crippen LogP contribution in [0.15, 0.2) is 24.3 Å². The Labute approximate surface area is 261 Å². The van der Waals surface area contributed by atoms with E-state index in [1.54, 1.807) is 0 Å². The quantitative estimate of drug-likeness (QED) is 0.275. The molecule has 8 nitrogen and oxygen atoms in total. The first-order valence-corrected chi connectivity index (χ1v) is 17.0. The van der Waals surface area contributed by atoms with Crippen LogP contribution >= 0.6 is 11.6 Å². The van der Waals surface area contributed by atoms with E-state index in [1.807, 2.05) is 18.2 Å². The second kappa shape index (κ2) is 15.2. The van der Waals surface area contributed by atoms with Crippen LogP contribution in [0.4, 0.5) is 4.79 Å². The van der Waals surface area contributed by atoms with Gasteiger partial charge in [0.05, 0.1) is 6.04 Å². The Hall–Kier alpha value is -2.16. The molecule has 3 N–H and O–H groups in total. The van der Waals surface area contributed by atoms with Crippen molar-refractivity contribution in [2.75, 3.05) is 19.8 Å². The maximum Gasteiger partial charge on any atom is 0.408 e. The predicted octanol–water partition coefficient (Wildman–Crippen LogP) is 5.76. The van der Waals surface area contributed by atoms with Crippen LogP contribution in [0, 0.1) is 23.7 Å². The predicted molar refractivity (Wildman–Crippen MR) is 165 cm³/mol. The number of aliphatic hydroxyl groups excluding tert-OH is 1. The van der Waals surface area contributed by atoms with Crippen molar-refractivity contribution in [1.82, 2.24) is 10.6 Å². The minimum absolute atomic E-state index is 0.0112. The molecule has 4 aliphatic rings. The van der Waals surface area contributed by atoms with Crippen molar-refractivity contribution >= 4 is 29.4 Å². The van der Waals surface area contributed by atoms with Gasteiger partial charge in [-0.2, -0.15) is 0 Å². The summed E-state index contributed by atoms with van der Waals surface area (Å²) in [5.41, 5.74) is 0.913. The van der Waals surface area contributed by atoms with E-state index in [0.717, 1.165) is 69.8 Å². The van der Waals surface area contributed by atoms with Crippen LogP contribution in [0.3, 0.4) is 0 Å². The average Bonchev–Trinajstić information content (AvgIpc) is 3.55. The van der Waals surface area contributed by atoms with Gasteiger partial charge in [-0.25, -0.2) is 4.79 Å². The Morgan fingerprint density at radius 3 is 2.63 bits per heavy atom. The standard InChI is InChI=1S/C34H49ClN2O6/c35-28-10-4-8-24(18-28)16-26-9-5-11-31(26)43-33(41)36-29(19-23-6-2-1-3-7-23)30(39)20-25(22-38)17-27-21-34(37-32(27)40)12-14-42-15-13-34/h4,8,10,18,23,25-27,29,31,38H,1-3,5-7,9,11-17,19-22H2,(H,36,41)(H,37,40)/t25?,26?,27?,29-,31?/m0/s1. The van der Waals surface area contributed by atoms with Gasteiger partial charge in [0.15, 0.2) is 5.78 Å². The van der Waals surface area contributed by atoms with E-state index in [0.29, 0.717) is 43.4 Å². The van der Waals surface area contributed by atoms with E-state index >= 15 is 0 Å². The molecule has 1 spiro atoms. The summed E-state index contributed by atoms with van der Waals surface area (Å²) >= 11 is 6.19. The summed E-state index contributed by atoms with van der Waals surface area (Å²) in [6.07, 6.45) is 12.0. The van der Waals surface area contributed by atoms with E-state index in [1.165, 1.54) is 6.42 Å². The lowest BCUT2D eigenvalue weighted by Gasteiger charge is -2.33. The number of hydrogen-bond acceptors (Lipinski definition) is 6. The molecule has 2 saturated carbocycles. The van der Waals surface area contributed by atoms with Crippen LogP contribution < -0.4 is 10.6 Å². The van der Waals surface area contributed by atoms with Gasteiger partial charge in [-0.05, 0) is 87.3 Å². The second-order valence-corrected chi connectivity index (χ2v) is 14.1. The van der Waals surface area contributed by atoms with Crippen molar-refractivity contribution in [1.29, 1.82) is 0 Å². The number of benzene rings is 1. The summed E-state index contributed by atoms with van der Waals surface area (Å²) < 4.78 is 11.5. The highest BCUT2D eigenvalue weighted by Crippen LogP contribution is 2.37. The van der Waals surface area contributed by atoms with Gasteiger partial charge in [-0.3, -0.25) is 9.59 Å². The van der Waals surface area contributed by atoms with Crippen LogP contribution in [-0.4, -0.2) is 60.4 Å². The minimum Gasteiger partial charge on any atom is -0.446 e. The summed E-state index contributed by atoms with van der Waals surface area (Å²) in [5.74, 6) is -0.0307. The number of nitrogens with one attached hydrogen (secondary N) is 2. The molecule has 2 heterocycles. The molecule has 238 valence electrons. The number of alkyl carbamates (subject to hydrolysis) is 1. The van der Waals surface area contributed by atoms with Crippen molar-refractivity contribution in [2.24, 2.45) is 23.7 Å². The van der Waals surface area contributed by atoms with E-state index in [2.05, 4.69) is 16.7 Å². The number of carbonyl (C=O) groups excluding carboxylic acids is 3. The Balaban J connectivity index is 1.18. The Kier molecular flexibility index (Phi) is 11.4. The number of carbonyl (C=O) groups is 3. The molecule has 2 amide bonds. The van der Waals surface area contributed by atoms with Gasteiger partial charge in [-0.1, -0.05) is 55.8 Å². The lowest BCUT2D eigenvalue weighted by molar-refractivity contribution is -0.125. The van der Waals surface area contributed by atoms with Crippen LogP contribution in [0.25, 0.3) is 0 Å². The maximum absolute atomic E-state index is 13.7. The van der Waals surface area contributed by atoms with E-state index in [4.69, 9.17) is 21.1 Å². The highest BCUT2D eigenvalue weighted by Gasteiger charge is 2.45. The van der Waals surface area contributed by atoms with Crippen molar-refractivity contribution in [3.8, 4) is 0 Å². The average molecular weight is 617 g/mol. The number of ketones is 1. The SMILES string of the molecule is O=C(N[C@@H](CC1CCCCC1)C(=O)CC(CO)CC1CC2(CCOCC2)NC1=O)OC1CCCC1Cc1cccc(Cl)c1. The molecule has 0 radical (unpaired) electrons. The molecular weight excluding hydrogens is 568 g/mol. The fourth-order valence-corrected chi connectivity index (χ4v) is 8.22. The molecular formula is C34H49ClN2O6. The fraction of sp³-hybridized carbons (Fsp3) is 0.735. The lowest BCUT2D eigenvalue weighted by Crippen LogP contribution is -2.45. The fourth-order valence-electron chi connectivity index (χ4n) is 8.01. The molecule has 1 aromatic rings. The molecule has 5 atom stereocenters. The number of aliphatic hydroxyl groups is 1. The van der Waals surface area contributed by atoms with Gasteiger partial charge in [0.2, 0.25) is 5.91 Å². The first-order valence-electron chi connectivity index (χ1n) is 16.6. The first-order chi connectivity index (χ1) is 20.8. The van der Waals surface area contributed by atoms with Gasteiger partial charge in [0.1, 0.15) is 6.10 Å². The molecule has 43 heavy (non-hydrogen) atoms. The summed E-state index contributed by atoms with van der Waals surface area (Å²) in [6, 6.07) is 7.16. The minimum atomic E-state index is -0.656. The number of hydrogen-bond donors (Lipinski definition) is 3. The molecule has 9 heteroatoms. The first kappa shape index (κ1) is 32.2. The highest BCUT2D eigenvalue weighted by atomic mass is 35.5. The number of ether oxygens (including phenoxy) is 2. The largest absolute Gasteiger partial charge is 0.446 e. The third-order valence-electron chi connectivity index (χ3n) is 10.4. The van der Waals surface area contributed by atoms with Crippen LogP contribution in [0.1, 0.15) is 95.5 Å².